The fraction of sp³-hybridized carbons (Fsp3) is 0.200. The molecule has 0 radical (unpaired) electrons. The van der Waals surface area contributed by atoms with Gasteiger partial charge in [0.25, 0.3) is 0 Å². The first kappa shape index (κ1) is 19.8. The number of rotatable bonds is 6. The van der Waals surface area contributed by atoms with E-state index in [4.69, 9.17) is 4.42 Å². The zero-order valence-corrected chi connectivity index (χ0v) is 17.4. The second-order valence-corrected chi connectivity index (χ2v) is 7.98. The van der Waals surface area contributed by atoms with Crippen LogP contribution in [0.3, 0.4) is 0 Å². The molecule has 2 aromatic heterocycles. The number of carbonyl (C=O) groups is 1. The number of nitrogens with one attached hydrogen (secondary N) is 1. The molecule has 0 saturated heterocycles. The van der Waals surface area contributed by atoms with E-state index >= 15 is 0 Å². The van der Waals surface area contributed by atoms with Crippen LogP contribution in [0.15, 0.2) is 58.1 Å². The Morgan fingerprint density at radius 3 is 2.70 bits per heavy atom. The highest BCUT2D eigenvalue weighted by atomic mass is 32.2. The average Bonchev–Trinajstić information content (AvgIpc) is 3.38. The van der Waals surface area contributed by atoms with Crippen molar-refractivity contribution in [3.05, 3.63) is 60.0 Å². The molecule has 1 unspecified atom stereocenters. The lowest BCUT2D eigenvalue weighted by Crippen LogP contribution is -2.07. The van der Waals surface area contributed by atoms with Crippen LogP contribution < -0.4 is 5.32 Å². The van der Waals surface area contributed by atoms with E-state index in [1.807, 2.05) is 50.2 Å². The molecular weight excluding hydrogens is 402 g/mol. The van der Waals surface area contributed by atoms with E-state index in [0.717, 1.165) is 16.8 Å². The van der Waals surface area contributed by atoms with Gasteiger partial charge < -0.3 is 9.73 Å². The predicted molar refractivity (Wildman–Crippen MR) is 112 cm³/mol. The van der Waals surface area contributed by atoms with E-state index in [-0.39, 0.29) is 11.2 Å². The monoisotopic (exact) mass is 421 g/mol. The number of hydrogen-bond donors (Lipinski definition) is 1. The Hall–Kier alpha value is -3.53. The number of nitrogens with zero attached hydrogens (tertiary/aromatic N) is 6. The van der Waals surface area contributed by atoms with Gasteiger partial charge in [-0.25, -0.2) is 0 Å². The van der Waals surface area contributed by atoms with Gasteiger partial charge in [0.1, 0.15) is 0 Å². The van der Waals surface area contributed by atoms with Crippen LogP contribution >= 0.6 is 11.8 Å². The Morgan fingerprint density at radius 2 is 1.93 bits per heavy atom. The second-order valence-electron chi connectivity index (χ2n) is 6.68. The molecule has 30 heavy (non-hydrogen) atoms. The van der Waals surface area contributed by atoms with Gasteiger partial charge in [-0.1, -0.05) is 35.5 Å². The maximum atomic E-state index is 11.3. The van der Waals surface area contributed by atoms with Crippen LogP contribution in [-0.4, -0.2) is 36.3 Å². The summed E-state index contributed by atoms with van der Waals surface area (Å²) in [4.78, 5) is 11.3. The molecule has 10 heteroatoms. The summed E-state index contributed by atoms with van der Waals surface area (Å²) in [5.74, 6) is 0.810. The van der Waals surface area contributed by atoms with E-state index in [0.29, 0.717) is 22.6 Å². The van der Waals surface area contributed by atoms with Gasteiger partial charge in [-0.3, -0.25) is 4.79 Å². The maximum absolute atomic E-state index is 11.3. The highest BCUT2D eigenvalue weighted by Crippen LogP contribution is 2.34. The lowest BCUT2D eigenvalue weighted by atomic mass is 10.1. The highest BCUT2D eigenvalue weighted by Gasteiger charge is 2.20. The Morgan fingerprint density at radius 1 is 1.13 bits per heavy atom. The summed E-state index contributed by atoms with van der Waals surface area (Å²) < 4.78 is 7.46. The zero-order chi connectivity index (χ0) is 21.1. The summed E-state index contributed by atoms with van der Waals surface area (Å²) in [7, 11) is 0. The maximum Gasteiger partial charge on any atom is 0.247 e. The van der Waals surface area contributed by atoms with Crippen molar-refractivity contribution in [3.63, 3.8) is 0 Å². The molecule has 0 saturated carbocycles. The van der Waals surface area contributed by atoms with Gasteiger partial charge in [-0.2, -0.15) is 4.68 Å². The SMILES string of the molecule is CC(=O)Nc1cccc(-n2nnnc2SC(C)c2nnc(-c3ccc(C)cc3)o2)c1. The molecule has 152 valence electrons. The number of aromatic nitrogens is 6. The first-order valence-corrected chi connectivity index (χ1v) is 10.1. The van der Waals surface area contributed by atoms with E-state index in [2.05, 4.69) is 31.0 Å². The lowest BCUT2D eigenvalue weighted by molar-refractivity contribution is -0.114. The highest BCUT2D eigenvalue weighted by molar-refractivity contribution is 7.99. The molecule has 9 nitrogen and oxygen atoms in total. The van der Waals surface area contributed by atoms with Crippen molar-refractivity contribution in [1.29, 1.82) is 0 Å². The summed E-state index contributed by atoms with van der Waals surface area (Å²) >= 11 is 1.40. The summed E-state index contributed by atoms with van der Waals surface area (Å²) in [5.41, 5.74) is 3.43. The molecule has 0 fully saturated rings. The molecule has 1 N–H and O–H groups in total. The van der Waals surface area contributed by atoms with Crippen LogP contribution in [0.5, 0.6) is 0 Å². The van der Waals surface area contributed by atoms with Gasteiger partial charge in [0.05, 0.1) is 10.9 Å². The third kappa shape index (κ3) is 4.38. The van der Waals surface area contributed by atoms with Crippen LogP contribution in [0.2, 0.25) is 0 Å². The van der Waals surface area contributed by atoms with Gasteiger partial charge in [-0.05, 0) is 54.6 Å². The number of aryl methyl sites for hydroxylation is 1. The van der Waals surface area contributed by atoms with E-state index in [1.54, 1.807) is 16.8 Å². The topological polar surface area (TPSA) is 112 Å². The lowest BCUT2D eigenvalue weighted by Gasteiger charge is -2.09. The quantitative estimate of drug-likeness (QED) is 0.468. The van der Waals surface area contributed by atoms with Crippen LogP contribution in [0.25, 0.3) is 17.1 Å². The van der Waals surface area contributed by atoms with Crippen LogP contribution in [0, 0.1) is 6.92 Å². The molecular formula is C20H19N7O2S. The molecule has 2 heterocycles. The molecule has 0 aliphatic heterocycles. The third-order valence-electron chi connectivity index (χ3n) is 4.22. The van der Waals surface area contributed by atoms with Crippen molar-refractivity contribution in [1.82, 2.24) is 30.4 Å². The summed E-state index contributed by atoms with van der Waals surface area (Å²) in [5, 5.41) is 23.5. The minimum Gasteiger partial charge on any atom is -0.419 e. The van der Waals surface area contributed by atoms with E-state index < -0.39 is 0 Å². The van der Waals surface area contributed by atoms with Gasteiger partial charge in [-0.15, -0.1) is 15.3 Å². The fourth-order valence-corrected chi connectivity index (χ4v) is 3.59. The first-order chi connectivity index (χ1) is 14.5. The minimum absolute atomic E-state index is 0.145. The van der Waals surface area contributed by atoms with Crippen LogP contribution in [-0.2, 0) is 4.79 Å². The number of benzene rings is 2. The number of amides is 1. The summed E-state index contributed by atoms with van der Waals surface area (Å²) in [6, 6.07) is 15.2. The van der Waals surface area contributed by atoms with Crippen molar-refractivity contribution in [3.8, 4) is 17.1 Å². The van der Waals surface area contributed by atoms with Crippen molar-refractivity contribution in [2.45, 2.75) is 31.2 Å². The number of tetrazole rings is 1. The molecule has 4 aromatic rings. The molecule has 0 aliphatic rings. The molecule has 0 aliphatic carbocycles. The van der Waals surface area contributed by atoms with Crippen molar-refractivity contribution in [2.75, 3.05) is 5.32 Å². The van der Waals surface area contributed by atoms with E-state index in [9.17, 15) is 4.79 Å². The molecule has 4 rings (SSSR count). The Labute approximate surface area is 176 Å². The van der Waals surface area contributed by atoms with Gasteiger partial charge in [0.15, 0.2) is 0 Å². The van der Waals surface area contributed by atoms with Crippen molar-refractivity contribution in [2.24, 2.45) is 0 Å². The summed E-state index contributed by atoms with van der Waals surface area (Å²) in [6.07, 6.45) is 0. The van der Waals surface area contributed by atoms with Crippen LogP contribution in [0.1, 0.15) is 30.6 Å². The zero-order valence-electron chi connectivity index (χ0n) is 16.6. The first-order valence-electron chi connectivity index (χ1n) is 9.23. The molecule has 0 bridgehead atoms. The van der Waals surface area contributed by atoms with Gasteiger partial charge >= 0.3 is 0 Å². The minimum atomic E-state index is -0.167. The predicted octanol–water partition coefficient (Wildman–Crippen LogP) is 3.83. The number of thioether (sulfide) groups is 1. The second kappa shape index (κ2) is 8.46. The van der Waals surface area contributed by atoms with Gasteiger partial charge in [0, 0.05) is 18.2 Å². The Bertz CT molecular complexity index is 1170. The Balaban J connectivity index is 1.53. The average molecular weight is 421 g/mol. The van der Waals surface area contributed by atoms with Gasteiger partial charge in [0.2, 0.25) is 22.8 Å². The Kier molecular flexibility index (Phi) is 5.57. The normalized spacial score (nSPS) is 12.0. The largest absolute Gasteiger partial charge is 0.419 e. The van der Waals surface area contributed by atoms with E-state index in [1.165, 1.54) is 18.7 Å². The van der Waals surface area contributed by atoms with Crippen molar-refractivity contribution >= 4 is 23.4 Å². The number of carbonyl (C=O) groups excluding carboxylic acids is 1. The third-order valence-corrected chi connectivity index (χ3v) is 5.24. The fourth-order valence-electron chi connectivity index (χ4n) is 2.75. The molecule has 2 aromatic carbocycles. The number of hydrogen-bond acceptors (Lipinski definition) is 8. The molecule has 0 spiro atoms. The smallest absolute Gasteiger partial charge is 0.247 e. The summed E-state index contributed by atoms with van der Waals surface area (Å²) in [6.45, 7) is 5.43. The van der Waals surface area contributed by atoms with Crippen LogP contribution in [0.4, 0.5) is 5.69 Å². The standard InChI is InChI=1S/C20H19N7O2S/c1-12-7-9-15(10-8-12)19-23-22-18(29-19)13(2)30-20-24-25-26-27(20)17-6-4-5-16(11-17)21-14(3)28/h4-11,13H,1-3H3,(H,21,28). The van der Waals surface area contributed by atoms with Crippen molar-refractivity contribution < 1.29 is 9.21 Å². The molecule has 1 atom stereocenters. The number of anilines is 1. The molecule has 1 amide bonds.